The molecule has 10 rings (SSSR count). The van der Waals surface area contributed by atoms with E-state index in [-0.39, 0.29) is 42.6 Å². The molecule has 2 saturated heterocycles. The quantitative estimate of drug-likeness (QED) is 0.206. The number of carbonyl (C=O) groups excluding carboxylic acids is 5. The second kappa shape index (κ2) is 15.1. The van der Waals surface area contributed by atoms with Crippen LogP contribution in [0.15, 0.2) is 84.9 Å². The van der Waals surface area contributed by atoms with Crippen LogP contribution >= 0.6 is 0 Å². The van der Waals surface area contributed by atoms with Crippen LogP contribution in [0.3, 0.4) is 0 Å². The maximum absolute atomic E-state index is 13.5. The van der Waals surface area contributed by atoms with Crippen LogP contribution in [0.1, 0.15) is 111 Å². The number of carbonyl (C=O) groups is 5. The van der Waals surface area contributed by atoms with Crippen LogP contribution in [0.25, 0.3) is 0 Å². The van der Waals surface area contributed by atoms with E-state index in [0.29, 0.717) is 54.9 Å². The number of amides is 5. The number of imide groups is 2. The molecule has 1 saturated carbocycles. The van der Waals surface area contributed by atoms with Crippen molar-refractivity contribution in [3.63, 3.8) is 0 Å². The highest BCUT2D eigenvalue weighted by atomic mass is 16.5. The average molecular weight is 793 g/mol. The van der Waals surface area contributed by atoms with Gasteiger partial charge in [0.15, 0.2) is 0 Å². The lowest BCUT2D eigenvalue weighted by molar-refractivity contribution is -0.146. The van der Waals surface area contributed by atoms with E-state index in [0.717, 1.165) is 66.8 Å². The molecule has 2 aliphatic carbocycles. The van der Waals surface area contributed by atoms with E-state index in [9.17, 15) is 29.1 Å². The topological polar surface area (TPSA) is 137 Å². The van der Waals surface area contributed by atoms with Crippen molar-refractivity contribution in [3.05, 3.63) is 129 Å². The first-order valence-electron chi connectivity index (χ1n) is 21.2. The summed E-state index contributed by atoms with van der Waals surface area (Å²) in [7, 11) is 0. The second-order valence-corrected chi connectivity index (χ2v) is 17.5. The van der Waals surface area contributed by atoms with Crippen molar-refractivity contribution < 1.29 is 33.8 Å². The average Bonchev–Trinajstić information content (AvgIpc) is 3.73. The molecule has 59 heavy (non-hydrogen) atoms. The Morgan fingerprint density at radius 2 is 1.42 bits per heavy atom. The molecule has 0 bridgehead atoms. The SMILES string of the molecule is O=C1CCC(N2C(=O)c3cc4c(cc3C2=O)CN(CC2CCC(C(=O)N3CC(Oc5ccc([C@@H]6c7ccc(O)cc7CC[C@@H]6c6ccccc6)cc5)C3)CC2)C4)C(=O)N1. The van der Waals surface area contributed by atoms with Gasteiger partial charge in [-0.2, -0.15) is 0 Å². The van der Waals surface area contributed by atoms with Gasteiger partial charge in [0, 0.05) is 37.9 Å². The summed E-state index contributed by atoms with van der Waals surface area (Å²) in [4.78, 5) is 69.6. The zero-order valence-electron chi connectivity index (χ0n) is 33.0. The van der Waals surface area contributed by atoms with Gasteiger partial charge < -0.3 is 14.7 Å². The Balaban J connectivity index is 0.696. The molecule has 0 radical (unpaired) electrons. The second-order valence-electron chi connectivity index (χ2n) is 17.5. The maximum atomic E-state index is 13.5. The molecule has 3 fully saturated rings. The lowest BCUT2D eigenvalue weighted by Gasteiger charge is -2.42. The van der Waals surface area contributed by atoms with E-state index < -0.39 is 23.8 Å². The van der Waals surface area contributed by atoms with Crippen LogP contribution in [-0.2, 0) is 33.9 Å². The summed E-state index contributed by atoms with van der Waals surface area (Å²) in [5.41, 5.74) is 7.74. The molecule has 4 aromatic rings. The highest BCUT2D eigenvalue weighted by Gasteiger charge is 2.46. The Morgan fingerprint density at radius 3 is 2.10 bits per heavy atom. The number of likely N-dealkylation sites (tertiary alicyclic amines) is 1. The Morgan fingerprint density at radius 1 is 0.729 bits per heavy atom. The summed E-state index contributed by atoms with van der Waals surface area (Å²) in [6.45, 7) is 3.47. The normalized spacial score (nSPS) is 25.6. The number of ether oxygens (including phenoxy) is 1. The number of aryl methyl sites for hydroxylation is 1. The molecular weight excluding hydrogens is 745 g/mol. The fourth-order valence-corrected chi connectivity index (χ4v) is 10.7. The molecule has 11 heteroatoms. The van der Waals surface area contributed by atoms with Crippen LogP contribution in [0.2, 0.25) is 0 Å². The minimum atomic E-state index is -0.966. The molecule has 6 aliphatic rings. The Labute approximate surface area is 343 Å². The maximum Gasteiger partial charge on any atom is 0.262 e. The third-order valence-electron chi connectivity index (χ3n) is 13.8. The van der Waals surface area contributed by atoms with Gasteiger partial charge in [-0.05, 0) is 127 Å². The fourth-order valence-electron chi connectivity index (χ4n) is 10.7. The first-order chi connectivity index (χ1) is 28.7. The molecule has 4 heterocycles. The van der Waals surface area contributed by atoms with Gasteiger partial charge in [-0.15, -0.1) is 0 Å². The van der Waals surface area contributed by atoms with Gasteiger partial charge in [0.1, 0.15) is 23.6 Å². The minimum absolute atomic E-state index is 0.0270. The van der Waals surface area contributed by atoms with Crippen molar-refractivity contribution >= 4 is 29.5 Å². The molecule has 11 nitrogen and oxygen atoms in total. The minimum Gasteiger partial charge on any atom is -0.508 e. The molecule has 1 unspecified atom stereocenters. The van der Waals surface area contributed by atoms with Gasteiger partial charge in [-0.3, -0.25) is 39.1 Å². The highest BCUT2D eigenvalue weighted by Crippen LogP contribution is 2.47. The zero-order valence-corrected chi connectivity index (χ0v) is 33.0. The van der Waals surface area contributed by atoms with Crippen molar-refractivity contribution in [1.82, 2.24) is 20.0 Å². The molecule has 4 aromatic carbocycles. The Hall–Kier alpha value is -5.81. The number of hydrogen-bond acceptors (Lipinski definition) is 8. The Kier molecular flexibility index (Phi) is 9.58. The fraction of sp³-hybridized carbons (Fsp3) is 0.396. The van der Waals surface area contributed by atoms with E-state index >= 15 is 0 Å². The number of nitrogens with zero attached hydrogens (tertiary/aromatic N) is 3. The first-order valence-corrected chi connectivity index (χ1v) is 21.2. The van der Waals surface area contributed by atoms with E-state index in [2.05, 4.69) is 70.9 Å². The molecule has 5 amide bonds. The van der Waals surface area contributed by atoms with Crippen molar-refractivity contribution in [1.29, 1.82) is 0 Å². The Bertz CT molecular complexity index is 2300. The van der Waals surface area contributed by atoms with Crippen LogP contribution in [-0.4, -0.2) is 81.1 Å². The lowest BCUT2D eigenvalue weighted by Crippen LogP contribution is -2.57. The summed E-state index contributed by atoms with van der Waals surface area (Å²) in [5.74, 6) is 0.438. The van der Waals surface area contributed by atoms with Crippen LogP contribution in [0.5, 0.6) is 11.5 Å². The lowest BCUT2D eigenvalue weighted by atomic mass is 9.69. The van der Waals surface area contributed by atoms with Gasteiger partial charge in [-0.1, -0.05) is 48.5 Å². The van der Waals surface area contributed by atoms with Crippen molar-refractivity contribution in [3.8, 4) is 11.5 Å². The predicted molar refractivity (Wildman–Crippen MR) is 218 cm³/mol. The summed E-state index contributed by atoms with van der Waals surface area (Å²) in [5, 5.41) is 12.4. The third-order valence-corrected chi connectivity index (χ3v) is 13.8. The van der Waals surface area contributed by atoms with Gasteiger partial charge in [0.25, 0.3) is 11.8 Å². The van der Waals surface area contributed by atoms with E-state index in [4.69, 9.17) is 4.74 Å². The number of piperidine rings is 1. The van der Waals surface area contributed by atoms with Crippen LogP contribution < -0.4 is 10.1 Å². The number of phenolic OH excluding ortho intramolecular Hbond substituents is 1. The van der Waals surface area contributed by atoms with E-state index in [1.165, 1.54) is 22.3 Å². The largest absolute Gasteiger partial charge is 0.508 e. The van der Waals surface area contributed by atoms with Gasteiger partial charge in [0.2, 0.25) is 17.7 Å². The van der Waals surface area contributed by atoms with Crippen molar-refractivity contribution in [2.24, 2.45) is 11.8 Å². The number of aromatic hydroxyl groups is 1. The summed E-state index contributed by atoms with van der Waals surface area (Å²) in [6, 6.07) is 27.6. The number of fused-ring (bicyclic) bond motifs is 3. The number of nitrogens with one attached hydrogen (secondary N) is 1. The molecule has 302 valence electrons. The standard InChI is InChI=1S/C48H48N4O7/c53-35-13-17-39-32(20-35)12-16-38(29-4-2-1-3-5-29)44(39)30-10-14-36(15-11-30)59-37-26-51(27-37)46(56)31-8-6-28(7-9-31)23-50-24-33-21-40-41(22-34(33)25-50)48(58)52(47(40)57)42-18-19-43(54)49-45(42)55/h1-5,10-11,13-15,17,20-22,28,31,37-38,42,44,53H,6-9,12,16,18-19,23-27H2,(H,49,54,55)/t28?,31?,38-,42?,44+/m1/s1. The summed E-state index contributed by atoms with van der Waals surface area (Å²) in [6.07, 6.45) is 5.86. The first kappa shape index (κ1) is 37.5. The molecule has 4 aliphatic heterocycles. The molecule has 2 N–H and O–H groups in total. The van der Waals surface area contributed by atoms with Gasteiger partial charge in [0.05, 0.1) is 24.2 Å². The highest BCUT2D eigenvalue weighted by molar-refractivity contribution is 6.23. The van der Waals surface area contributed by atoms with Gasteiger partial charge >= 0.3 is 0 Å². The number of phenols is 1. The van der Waals surface area contributed by atoms with Crippen LogP contribution in [0, 0.1) is 11.8 Å². The third kappa shape index (κ3) is 6.99. The van der Waals surface area contributed by atoms with Crippen molar-refractivity contribution in [2.45, 2.75) is 88.4 Å². The molecule has 0 aromatic heterocycles. The molecular formula is C48H48N4O7. The zero-order chi connectivity index (χ0) is 40.4. The smallest absolute Gasteiger partial charge is 0.262 e. The van der Waals surface area contributed by atoms with Gasteiger partial charge in [-0.25, -0.2) is 0 Å². The monoisotopic (exact) mass is 792 g/mol. The van der Waals surface area contributed by atoms with Crippen LogP contribution in [0.4, 0.5) is 0 Å². The van der Waals surface area contributed by atoms with Crippen molar-refractivity contribution in [2.75, 3.05) is 19.6 Å². The van der Waals surface area contributed by atoms with E-state index in [1.807, 2.05) is 23.1 Å². The summed E-state index contributed by atoms with van der Waals surface area (Å²) < 4.78 is 6.35. The summed E-state index contributed by atoms with van der Waals surface area (Å²) >= 11 is 0. The van der Waals surface area contributed by atoms with E-state index in [1.54, 1.807) is 6.07 Å². The molecule has 3 atom stereocenters. The number of benzene rings is 4. The predicted octanol–water partition coefficient (Wildman–Crippen LogP) is 6.07. The molecule has 0 spiro atoms. The number of rotatable bonds is 8. The number of hydrogen-bond donors (Lipinski definition) is 2.